The molecule has 1 unspecified atom stereocenters. The Morgan fingerprint density at radius 2 is 2.27 bits per heavy atom. The van der Waals surface area contributed by atoms with Gasteiger partial charge in [-0.05, 0) is 6.42 Å². The summed E-state index contributed by atoms with van der Waals surface area (Å²) in [5.41, 5.74) is 0. The summed E-state index contributed by atoms with van der Waals surface area (Å²) in [6, 6.07) is 0.0451. The monoisotopic (exact) mass is 163 g/mol. The number of nitrogens with one attached hydrogen (secondary N) is 1. The summed E-state index contributed by atoms with van der Waals surface area (Å²) in [4.78, 5) is 0. The van der Waals surface area contributed by atoms with Gasteiger partial charge in [0.05, 0.1) is 0 Å². The van der Waals surface area contributed by atoms with Gasteiger partial charge in [0.25, 0.3) is 5.92 Å². The van der Waals surface area contributed by atoms with Crippen molar-refractivity contribution < 1.29 is 8.78 Å². The minimum absolute atomic E-state index is 0.00716. The third kappa shape index (κ3) is 2.73. The Kier molecular flexibility index (Phi) is 2.82. The molecule has 1 N–H and O–H groups in total. The van der Waals surface area contributed by atoms with E-state index in [-0.39, 0.29) is 18.9 Å². The van der Waals surface area contributed by atoms with Crippen molar-refractivity contribution in [1.82, 2.24) is 5.32 Å². The molecule has 0 radical (unpaired) electrons. The van der Waals surface area contributed by atoms with Gasteiger partial charge in [-0.3, -0.25) is 0 Å². The first-order chi connectivity index (χ1) is 5.14. The van der Waals surface area contributed by atoms with Gasteiger partial charge in [-0.25, -0.2) is 8.78 Å². The van der Waals surface area contributed by atoms with Crippen LogP contribution in [0.5, 0.6) is 0 Å². The molecule has 1 fully saturated rings. The van der Waals surface area contributed by atoms with Crippen LogP contribution < -0.4 is 5.32 Å². The molecule has 1 rings (SSSR count). The van der Waals surface area contributed by atoms with Crippen LogP contribution in [0.2, 0.25) is 0 Å². The van der Waals surface area contributed by atoms with Crippen molar-refractivity contribution in [3.05, 3.63) is 0 Å². The van der Waals surface area contributed by atoms with Gasteiger partial charge in [-0.15, -0.1) is 0 Å². The molecule has 3 heteroatoms. The van der Waals surface area contributed by atoms with Crippen LogP contribution in [-0.4, -0.2) is 18.5 Å². The van der Waals surface area contributed by atoms with Crippen LogP contribution >= 0.6 is 0 Å². The van der Waals surface area contributed by atoms with Crippen molar-refractivity contribution >= 4 is 0 Å². The van der Waals surface area contributed by atoms with Gasteiger partial charge in [0, 0.05) is 25.4 Å². The normalized spacial score (nSPS) is 30.3. The summed E-state index contributed by atoms with van der Waals surface area (Å²) in [6.45, 7) is 2.49. The van der Waals surface area contributed by atoms with Gasteiger partial charge in [-0.1, -0.05) is 13.3 Å². The van der Waals surface area contributed by atoms with Gasteiger partial charge < -0.3 is 5.32 Å². The van der Waals surface area contributed by atoms with E-state index >= 15 is 0 Å². The molecule has 0 amide bonds. The summed E-state index contributed by atoms with van der Waals surface area (Å²) in [7, 11) is 0. The molecule has 1 aliphatic heterocycles. The van der Waals surface area contributed by atoms with Crippen LogP contribution in [-0.2, 0) is 0 Å². The summed E-state index contributed by atoms with van der Waals surface area (Å²) in [5.74, 6) is -2.41. The zero-order valence-corrected chi connectivity index (χ0v) is 6.87. The maximum Gasteiger partial charge on any atom is 0.250 e. The molecule has 0 saturated carbocycles. The Balaban J connectivity index is 2.34. The molecule has 1 aliphatic rings. The third-order valence-electron chi connectivity index (χ3n) is 2.11. The van der Waals surface area contributed by atoms with E-state index in [1.54, 1.807) is 0 Å². The molecule has 1 saturated heterocycles. The second kappa shape index (κ2) is 3.48. The lowest BCUT2D eigenvalue weighted by atomic mass is 9.98. The van der Waals surface area contributed by atoms with E-state index < -0.39 is 5.92 Å². The van der Waals surface area contributed by atoms with E-state index in [0.717, 1.165) is 12.8 Å². The molecule has 1 nitrogen and oxygen atoms in total. The van der Waals surface area contributed by atoms with Crippen molar-refractivity contribution in [2.24, 2.45) is 0 Å². The first kappa shape index (κ1) is 8.91. The highest BCUT2D eigenvalue weighted by molar-refractivity contribution is 4.82. The summed E-state index contributed by atoms with van der Waals surface area (Å²) in [5, 5.41) is 3.10. The fourth-order valence-corrected chi connectivity index (χ4v) is 1.55. The SMILES string of the molecule is CCCC1CC(F)(F)CCN1. The fraction of sp³-hybridized carbons (Fsp3) is 1.00. The van der Waals surface area contributed by atoms with E-state index in [1.165, 1.54) is 0 Å². The molecule has 66 valence electrons. The van der Waals surface area contributed by atoms with Crippen LogP contribution in [0.15, 0.2) is 0 Å². The minimum atomic E-state index is -2.41. The van der Waals surface area contributed by atoms with Crippen molar-refractivity contribution in [3.8, 4) is 0 Å². The minimum Gasteiger partial charge on any atom is -0.314 e. The van der Waals surface area contributed by atoms with E-state index in [9.17, 15) is 8.78 Å². The predicted molar refractivity (Wildman–Crippen MR) is 40.9 cm³/mol. The second-order valence-electron chi connectivity index (χ2n) is 3.25. The van der Waals surface area contributed by atoms with E-state index in [4.69, 9.17) is 0 Å². The zero-order chi connectivity index (χ0) is 8.32. The number of halogens is 2. The standard InChI is InChI=1S/C8H15F2N/c1-2-3-7-6-8(9,10)4-5-11-7/h7,11H,2-6H2,1H3. The van der Waals surface area contributed by atoms with Gasteiger partial charge in [0.2, 0.25) is 0 Å². The molecular formula is C8H15F2N. The average Bonchev–Trinajstić information content (AvgIpc) is 1.85. The number of rotatable bonds is 2. The van der Waals surface area contributed by atoms with Crippen molar-refractivity contribution in [1.29, 1.82) is 0 Å². The van der Waals surface area contributed by atoms with Gasteiger partial charge >= 0.3 is 0 Å². The number of hydrogen-bond acceptors (Lipinski definition) is 1. The number of hydrogen-bond donors (Lipinski definition) is 1. The lowest BCUT2D eigenvalue weighted by Crippen LogP contribution is -2.43. The Hall–Kier alpha value is -0.180. The maximum atomic E-state index is 12.7. The maximum absolute atomic E-state index is 12.7. The highest BCUT2D eigenvalue weighted by Crippen LogP contribution is 2.28. The molecule has 0 aromatic heterocycles. The summed E-state index contributed by atoms with van der Waals surface area (Å²) >= 11 is 0. The van der Waals surface area contributed by atoms with Crippen molar-refractivity contribution in [3.63, 3.8) is 0 Å². The molecule has 0 bridgehead atoms. The highest BCUT2D eigenvalue weighted by Gasteiger charge is 2.35. The molecule has 0 aromatic rings. The largest absolute Gasteiger partial charge is 0.314 e. The highest BCUT2D eigenvalue weighted by atomic mass is 19.3. The Labute approximate surface area is 66.2 Å². The topological polar surface area (TPSA) is 12.0 Å². The molecule has 11 heavy (non-hydrogen) atoms. The molecule has 1 heterocycles. The molecule has 0 spiro atoms. The van der Waals surface area contributed by atoms with Gasteiger partial charge in [0.15, 0.2) is 0 Å². The smallest absolute Gasteiger partial charge is 0.250 e. The Morgan fingerprint density at radius 3 is 2.82 bits per heavy atom. The van der Waals surface area contributed by atoms with Crippen molar-refractivity contribution in [2.45, 2.75) is 44.6 Å². The van der Waals surface area contributed by atoms with Crippen LogP contribution in [0.1, 0.15) is 32.6 Å². The lowest BCUT2D eigenvalue weighted by molar-refractivity contribution is -0.0419. The summed E-state index contributed by atoms with van der Waals surface area (Å²) < 4.78 is 25.5. The zero-order valence-electron chi connectivity index (χ0n) is 6.87. The van der Waals surface area contributed by atoms with Gasteiger partial charge in [-0.2, -0.15) is 0 Å². The van der Waals surface area contributed by atoms with Crippen molar-refractivity contribution in [2.75, 3.05) is 6.54 Å². The Morgan fingerprint density at radius 1 is 1.55 bits per heavy atom. The predicted octanol–water partition coefficient (Wildman–Crippen LogP) is 2.17. The number of piperidine rings is 1. The third-order valence-corrected chi connectivity index (χ3v) is 2.11. The first-order valence-corrected chi connectivity index (χ1v) is 4.25. The van der Waals surface area contributed by atoms with Crippen LogP contribution in [0.4, 0.5) is 8.78 Å². The van der Waals surface area contributed by atoms with Crippen LogP contribution in [0.3, 0.4) is 0 Å². The van der Waals surface area contributed by atoms with Crippen LogP contribution in [0.25, 0.3) is 0 Å². The lowest BCUT2D eigenvalue weighted by Gasteiger charge is -2.29. The number of alkyl halides is 2. The van der Waals surface area contributed by atoms with E-state index in [1.807, 2.05) is 6.92 Å². The Bertz CT molecular complexity index is 123. The molecule has 1 atom stereocenters. The molecule has 0 aliphatic carbocycles. The quantitative estimate of drug-likeness (QED) is 0.657. The molecule has 0 aromatic carbocycles. The molecular weight excluding hydrogens is 148 g/mol. The summed E-state index contributed by atoms with van der Waals surface area (Å²) in [6.07, 6.45) is 1.89. The van der Waals surface area contributed by atoms with E-state index in [2.05, 4.69) is 5.32 Å². The van der Waals surface area contributed by atoms with Crippen LogP contribution in [0, 0.1) is 0 Å². The first-order valence-electron chi connectivity index (χ1n) is 4.25. The van der Waals surface area contributed by atoms with E-state index in [0.29, 0.717) is 6.54 Å². The average molecular weight is 163 g/mol. The second-order valence-corrected chi connectivity index (χ2v) is 3.25. The van der Waals surface area contributed by atoms with Gasteiger partial charge in [0.1, 0.15) is 0 Å². The fourth-order valence-electron chi connectivity index (χ4n) is 1.55.